The maximum Gasteiger partial charge on any atom is 0.326 e. The summed E-state index contributed by atoms with van der Waals surface area (Å²) in [4.78, 5) is 34.5. The van der Waals surface area contributed by atoms with Gasteiger partial charge in [-0.25, -0.2) is 13.2 Å². The van der Waals surface area contributed by atoms with Crippen molar-refractivity contribution in [3.05, 3.63) is 36.0 Å². The van der Waals surface area contributed by atoms with E-state index in [0.29, 0.717) is 31.1 Å². The van der Waals surface area contributed by atoms with Gasteiger partial charge in [0.1, 0.15) is 17.0 Å². The van der Waals surface area contributed by atoms with E-state index in [1.54, 1.807) is 18.3 Å². The van der Waals surface area contributed by atoms with Crippen LogP contribution in [0.2, 0.25) is 0 Å². The van der Waals surface area contributed by atoms with Crippen LogP contribution in [0, 0.1) is 6.92 Å². The number of rotatable bonds is 9. The fourth-order valence-electron chi connectivity index (χ4n) is 4.10. The molecule has 3 rings (SSSR count). The van der Waals surface area contributed by atoms with E-state index in [2.05, 4.69) is 14.7 Å². The van der Waals surface area contributed by atoms with Crippen molar-refractivity contribution >= 4 is 38.8 Å². The number of aryl methyl sites for hydroxylation is 1. The predicted molar refractivity (Wildman–Crippen MR) is 127 cm³/mol. The van der Waals surface area contributed by atoms with Gasteiger partial charge >= 0.3 is 5.97 Å². The number of amides is 1. The second-order valence-corrected chi connectivity index (χ2v) is 10.0. The second kappa shape index (κ2) is 10.8. The summed E-state index contributed by atoms with van der Waals surface area (Å²) in [6.07, 6.45) is 3.63. The van der Waals surface area contributed by atoms with Crippen LogP contribution in [0.15, 0.2) is 40.4 Å². The van der Waals surface area contributed by atoms with Crippen molar-refractivity contribution in [1.29, 1.82) is 0 Å². The number of carbonyl (C=O) groups excluding carboxylic acids is 1. The monoisotopic (exact) mass is 490 g/mol. The van der Waals surface area contributed by atoms with Crippen molar-refractivity contribution in [3.63, 3.8) is 0 Å². The van der Waals surface area contributed by atoms with Crippen molar-refractivity contribution in [2.75, 3.05) is 13.1 Å². The summed E-state index contributed by atoms with van der Waals surface area (Å²) in [7, 11) is -4.17. The lowest BCUT2D eigenvalue weighted by Gasteiger charge is -2.35. The number of fused-ring (bicyclic) bond motifs is 1. The normalized spacial score (nSPS) is 17.3. The van der Waals surface area contributed by atoms with Gasteiger partial charge < -0.3 is 21.5 Å². The summed E-state index contributed by atoms with van der Waals surface area (Å²) < 4.78 is 29.3. The molecule has 12 heteroatoms. The molecule has 1 amide bonds. The van der Waals surface area contributed by atoms with Gasteiger partial charge in [-0.05, 0) is 56.7 Å². The molecule has 1 aromatic carbocycles. The number of aromatic nitrogens is 1. The van der Waals surface area contributed by atoms with Crippen LogP contribution in [0.5, 0.6) is 0 Å². The minimum atomic E-state index is -4.17. The van der Waals surface area contributed by atoms with Crippen molar-refractivity contribution in [2.24, 2.45) is 16.5 Å². The number of aliphatic imine (C=N–C) groups is 1. The van der Waals surface area contributed by atoms with Crippen LogP contribution in [0.3, 0.4) is 0 Å². The number of para-hydroxylation sites is 1. The number of nitrogens with one attached hydrogen (secondary N) is 1. The molecule has 0 bridgehead atoms. The van der Waals surface area contributed by atoms with Crippen LogP contribution in [0.4, 0.5) is 0 Å². The van der Waals surface area contributed by atoms with Crippen LogP contribution in [-0.2, 0) is 19.6 Å². The van der Waals surface area contributed by atoms with Crippen molar-refractivity contribution in [1.82, 2.24) is 14.6 Å². The van der Waals surface area contributed by atoms with Gasteiger partial charge in [-0.3, -0.25) is 14.8 Å². The molecule has 1 saturated heterocycles. The zero-order valence-corrected chi connectivity index (χ0v) is 19.8. The minimum Gasteiger partial charge on any atom is -0.480 e. The van der Waals surface area contributed by atoms with Crippen LogP contribution < -0.4 is 16.2 Å². The number of likely N-dealkylation sites (tertiary alicyclic amines) is 1. The summed E-state index contributed by atoms with van der Waals surface area (Å²) in [6, 6.07) is 4.45. The Morgan fingerprint density at radius 2 is 2.09 bits per heavy atom. The number of sulfonamides is 1. The van der Waals surface area contributed by atoms with E-state index in [1.807, 2.05) is 13.0 Å². The molecule has 2 heterocycles. The number of carboxylic acid groups (broad SMARTS) is 1. The minimum absolute atomic E-state index is 0.0551. The van der Waals surface area contributed by atoms with E-state index in [4.69, 9.17) is 11.5 Å². The zero-order chi connectivity index (χ0) is 24.9. The first-order valence-electron chi connectivity index (χ1n) is 11.1. The van der Waals surface area contributed by atoms with Gasteiger partial charge in [0.2, 0.25) is 15.9 Å². The highest BCUT2D eigenvalue weighted by molar-refractivity contribution is 7.89. The number of aliphatic carboxylic acids is 1. The average molecular weight is 491 g/mol. The molecule has 0 saturated carbocycles. The quantitative estimate of drug-likeness (QED) is 0.225. The van der Waals surface area contributed by atoms with E-state index >= 15 is 0 Å². The average Bonchev–Trinajstić information content (AvgIpc) is 2.79. The lowest BCUT2D eigenvalue weighted by atomic mass is 10.00. The number of guanidine groups is 1. The number of nitrogens with two attached hydrogens (primary N) is 2. The molecule has 0 spiro atoms. The molecule has 184 valence electrons. The highest BCUT2D eigenvalue weighted by atomic mass is 32.2. The largest absolute Gasteiger partial charge is 0.480 e. The Balaban J connectivity index is 1.92. The topological polar surface area (TPSA) is 181 Å². The fourth-order valence-corrected chi connectivity index (χ4v) is 5.50. The Kier molecular flexibility index (Phi) is 8.05. The number of benzene rings is 1. The second-order valence-electron chi connectivity index (χ2n) is 8.34. The molecule has 1 aliphatic rings. The Hall–Kier alpha value is -3.25. The Morgan fingerprint density at radius 1 is 1.32 bits per heavy atom. The molecule has 2 aromatic rings. The van der Waals surface area contributed by atoms with E-state index < -0.39 is 34.0 Å². The molecule has 6 N–H and O–H groups in total. The van der Waals surface area contributed by atoms with Gasteiger partial charge in [0.25, 0.3) is 0 Å². The number of carbonyl (C=O) groups is 2. The van der Waals surface area contributed by atoms with Gasteiger partial charge in [0.05, 0.1) is 5.52 Å². The predicted octanol–water partition coefficient (Wildman–Crippen LogP) is 0.709. The molecule has 1 aromatic heterocycles. The lowest BCUT2D eigenvalue weighted by Crippen LogP contribution is -2.55. The van der Waals surface area contributed by atoms with E-state index in [1.165, 1.54) is 11.0 Å². The Bertz CT molecular complexity index is 1200. The van der Waals surface area contributed by atoms with Crippen LogP contribution in [-0.4, -0.2) is 66.4 Å². The molecule has 34 heavy (non-hydrogen) atoms. The summed E-state index contributed by atoms with van der Waals surface area (Å²) >= 11 is 0. The first-order valence-corrected chi connectivity index (χ1v) is 12.5. The van der Waals surface area contributed by atoms with E-state index in [9.17, 15) is 23.1 Å². The highest BCUT2D eigenvalue weighted by Crippen LogP contribution is 2.24. The van der Waals surface area contributed by atoms with E-state index in [-0.39, 0.29) is 35.9 Å². The van der Waals surface area contributed by atoms with Crippen LogP contribution in [0.25, 0.3) is 10.9 Å². The van der Waals surface area contributed by atoms with Gasteiger partial charge in [-0.2, -0.15) is 4.72 Å². The van der Waals surface area contributed by atoms with Crippen LogP contribution >= 0.6 is 0 Å². The molecule has 1 aliphatic heterocycles. The first kappa shape index (κ1) is 25.4. The third-order valence-electron chi connectivity index (χ3n) is 5.71. The molecule has 1 fully saturated rings. The Morgan fingerprint density at radius 3 is 2.79 bits per heavy atom. The fraction of sp³-hybridized carbons (Fsp3) is 0.455. The SMILES string of the molecule is Cc1cnc2c(S(=O)(=O)N[C@@H](CCCN=C(N)N)C(=O)N3CCCCC3C(=O)O)cccc2c1. The summed E-state index contributed by atoms with van der Waals surface area (Å²) in [5, 5.41) is 10.2. The van der Waals surface area contributed by atoms with E-state index in [0.717, 1.165) is 5.56 Å². The maximum atomic E-state index is 13.4. The molecular weight excluding hydrogens is 460 g/mol. The number of hydrogen-bond donors (Lipinski definition) is 4. The Labute approximate surface area is 198 Å². The number of hydrogen-bond acceptors (Lipinski definition) is 6. The smallest absolute Gasteiger partial charge is 0.326 e. The number of nitrogens with zero attached hydrogens (tertiary/aromatic N) is 3. The summed E-state index contributed by atoms with van der Waals surface area (Å²) in [5.41, 5.74) is 11.9. The molecule has 1 unspecified atom stereocenters. The van der Waals surface area contributed by atoms with Gasteiger partial charge in [-0.1, -0.05) is 12.1 Å². The van der Waals surface area contributed by atoms with Crippen molar-refractivity contribution < 1.29 is 23.1 Å². The molecule has 0 aliphatic carbocycles. The summed E-state index contributed by atoms with van der Waals surface area (Å²) in [5.74, 6) is -1.80. The summed E-state index contributed by atoms with van der Waals surface area (Å²) in [6.45, 7) is 2.30. The first-order chi connectivity index (χ1) is 16.1. The third kappa shape index (κ3) is 6.00. The molecule has 0 radical (unpaired) electrons. The molecular formula is C22H30N6O5S. The van der Waals surface area contributed by atoms with Crippen LogP contribution in [0.1, 0.15) is 37.7 Å². The maximum absolute atomic E-state index is 13.4. The molecule has 2 atom stereocenters. The number of piperidine rings is 1. The number of pyridine rings is 1. The van der Waals surface area contributed by atoms with Gasteiger partial charge in [0, 0.05) is 24.7 Å². The van der Waals surface area contributed by atoms with Crippen molar-refractivity contribution in [2.45, 2.75) is 56.0 Å². The lowest BCUT2D eigenvalue weighted by molar-refractivity contribution is -0.152. The molecule has 11 nitrogen and oxygen atoms in total. The number of carboxylic acids is 1. The van der Waals surface area contributed by atoms with Crippen molar-refractivity contribution in [3.8, 4) is 0 Å². The third-order valence-corrected chi connectivity index (χ3v) is 7.22. The zero-order valence-electron chi connectivity index (χ0n) is 19.0. The standard InChI is InChI=1S/C22H30N6O5S/c1-14-12-15-6-4-9-18(19(15)26-13-14)34(32,33)27-16(7-5-10-25-22(23)24)20(29)28-11-3-2-8-17(28)21(30)31/h4,6,9,12-13,16-17,27H,2-3,5,7-8,10-11H2,1H3,(H,30,31)(H4,23,24,25)/t16-,17?/m0/s1. The van der Waals surface area contributed by atoms with Gasteiger partial charge in [-0.15, -0.1) is 0 Å². The van der Waals surface area contributed by atoms with Gasteiger partial charge in [0.15, 0.2) is 5.96 Å². The highest BCUT2D eigenvalue weighted by Gasteiger charge is 2.37.